The third kappa shape index (κ3) is 3.77. The fourth-order valence-corrected chi connectivity index (χ4v) is 1.11. The van der Waals surface area contributed by atoms with Crippen molar-refractivity contribution >= 4 is 0 Å². The van der Waals surface area contributed by atoms with Gasteiger partial charge in [0.05, 0.1) is 0 Å². The summed E-state index contributed by atoms with van der Waals surface area (Å²) in [6.07, 6.45) is -3.73. The summed E-state index contributed by atoms with van der Waals surface area (Å²) in [6, 6.07) is 3.48. The number of aromatic nitrogens is 1. The van der Waals surface area contributed by atoms with Crippen molar-refractivity contribution in [2.45, 2.75) is 26.4 Å². The van der Waals surface area contributed by atoms with Gasteiger partial charge in [-0.1, -0.05) is 13.0 Å². The fraction of sp³-hybridized carbons (Fsp3) is 0.500. The van der Waals surface area contributed by atoms with Crippen LogP contribution in [0.3, 0.4) is 0 Å². The first kappa shape index (κ1) is 11.8. The Hall–Kier alpha value is -1.26. The van der Waals surface area contributed by atoms with E-state index in [9.17, 15) is 13.2 Å². The molecular formula is C10H12F3NO. The molecule has 0 radical (unpaired) electrons. The molecule has 0 aliphatic heterocycles. The van der Waals surface area contributed by atoms with Crippen molar-refractivity contribution < 1.29 is 17.9 Å². The van der Waals surface area contributed by atoms with Crippen LogP contribution in [0.15, 0.2) is 12.1 Å². The second-order valence-electron chi connectivity index (χ2n) is 3.17. The van der Waals surface area contributed by atoms with E-state index in [1.54, 1.807) is 19.1 Å². The van der Waals surface area contributed by atoms with Crippen molar-refractivity contribution in [1.82, 2.24) is 4.98 Å². The maximum absolute atomic E-state index is 11.9. The van der Waals surface area contributed by atoms with E-state index in [-0.39, 0.29) is 5.88 Å². The van der Waals surface area contributed by atoms with E-state index in [4.69, 9.17) is 0 Å². The third-order valence-electron chi connectivity index (χ3n) is 1.83. The molecule has 0 atom stereocenters. The van der Waals surface area contributed by atoms with Gasteiger partial charge in [-0.15, -0.1) is 0 Å². The molecule has 0 saturated carbocycles. The molecule has 0 saturated heterocycles. The highest BCUT2D eigenvalue weighted by molar-refractivity contribution is 5.27. The Labute approximate surface area is 86.1 Å². The van der Waals surface area contributed by atoms with Gasteiger partial charge in [0.15, 0.2) is 6.61 Å². The molecule has 15 heavy (non-hydrogen) atoms. The Kier molecular flexibility index (Phi) is 3.55. The Morgan fingerprint density at radius 3 is 2.53 bits per heavy atom. The monoisotopic (exact) mass is 219 g/mol. The van der Waals surface area contributed by atoms with Crippen molar-refractivity contribution in [2.24, 2.45) is 0 Å². The highest BCUT2D eigenvalue weighted by Crippen LogP contribution is 2.21. The first-order valence-electron chi connectivity index (χ1n) is 4.58. The van der Waals surface area contributed by atoms with Gasteiger partial charge < -0.3 is 4.74 Å². The Morgan fingerprint density at radius 1 is 1.33 bits per heavy atom. The topological polar surface area (TPSA) is 22.1 Å². The molecule has 1 heterocycles. The van der Waals surface area contributed by atoms with Gasteiger partial charge in [-0.25, -0.2) is 4.98 Å². The molecule has 0 unspecified atom stereocenters. The van der Waals surface area contributed by atoms with Crippen LogP contribution >= 0.6 is 0 Å². The number of hydrogen-bond donors (Lipinski definition) is 0. The summed E-state index contributed by atoms with van der Waals surface area (Å²) >= 11 is 0. The second kappa shape index (κ2) is 4.51. The largest absolute Gasteiger partial charge is 0.468 e. The minimum Gasteiger partial charge on any atom is -0.468 e. The molecule has 0 bridgehead atoms. The van der Waals surface area contributed by atoms with Crippen LogP contribution in [0.1, 0.15) is 18.2 Å². The fourth-order valence-electron chi connectivity index (χ4n) is 1.11. The lowest BCUT2D eigenvalue weighted by atomic mass is 10.2. The second-order valence-corrected chi connectivity index (χ2v) is 3.17. The minimum absolute atomic E-state index is 0.0785. The van der Waals surface area contributed by atoms with Crippen LogP contribution < -0.4 is 4.74 Å². The van der Waals surface area contributed by atoms with Crippen molar-refractivity contribution in [3.05, 3.63) is 23.4 Å². The van der Waals surface area contributed by atoms with E-state index in [2.05, 4.69) is 9.72 Å². The zero-order valence-corrected chi connectivity index (χ0v) is 8.56. The number of aryl methyl sites for hydroxylation is 2. The van der Waals surface area contributed by atoms with Gasteiger partial charge in [0.25, 0.3) is 0 Å². The SMILES string of the molecule is CCc1ccc(C)nc1OCC(F)(F)F. The van der Waals surface area contributed by atoms with Gasteiger partial charge in [-0.2, -0.15) is 13.2 Å². The highest BCUT2D eigenvalue weighted by atomic mass is 19.4. The van der Waals surface area contributed by atoms with Crippen LogP contribution in [-0.2, 0) is 6.42 Å². The molecule has 0 aliphatic carbocycles. The summed E-state index contributed by atoms with van der Waals surface area (Å²) in [4.78, 5) is 3.92. The molecule has 0 aromatic carbocycles. The molecule has 0 aliphatic rings. The zero-order chi connectivity index (χ0) is 11.5. The molecular weight excluding hydrogens is 207 g/mol. The molecule has 84 valence electrons. The first-order chi connectivity index (χ1) is 6.92. The number of halogens is 3. The van der Waals surface area contributed by atoms with Crippen LogP contribution in [0, 0.1) is 6.92 Å². The smallest absolute Gasteiger partial charge is 0.422 e. The molecule has 1 aromatic rings. The summed E-state index contributed by atoms with van der Waals surface area (Å²) in [6.45, 7) is 2.25. The average Bonchev–Trinajstić information content (AvgIpc) is 2.14. The Morgan fingerprint density at radius 2 is 2.00 bits per heavy atom. The van der Waals surface area contributed by atoms with Crippen molar-refractivity contribution in [3.8, 4) is 5.88 Å². The number of rotatable bonds is 3. The van der Waals surface area contributed by atoms with E-state index in [0.29, 0.717) is 17.7 Å². The van der Waals surface area contributed by atoms with Crippen molar-refractivity contribution in [1.29, 1.82) is 0 Å². The van der Waals surface area contributed by atoms with Gasteiger partial charge in [0.1, 0.15) is 0 Å². The standard InChI is InChI=1S/C10H12F3NO/c1-3-8-5-4-7(2)14-9(8)15-6-10(11,12)13/h4-5H,3,6H2,1-2H3. The maximum atomic E-state index is 11.9. The van der Waals surface area contributed by atoms with Crippen LogP contribution in [0.5, 0.6) is 5.88 Å². The number of hydrogen-bond acceptors (Lipinski definition) is 2. The summed E-state index contributed by atoms with van der Waals surface area (Å²) in [5.41, 5.74) is 1.33. The molecule has 0 N–H and O–H groups in total. The number of pyridine rings is 1. The van der Waals surface area contributed by atoms with Crippen LogP contribution in [0.4, 0.5) is 13.2 Å². The summed E-state index contributed by atoms with van der Waals surface area (Å²) < 4.78 is 40.4. The third-order valence-corrected chi connectivity index (χ3v) is 1.83. The van der Waals surface area contributed by atoms with Crippen molar-refractivity contribution in [2.75, 3.05) is 6.61 Å². The molecule has 5 heteroatoms. The predicted octanol–water partition coefficient (Wildman–Crippen LogP) is 2.89. The summed E-state index contributed by atoms with van der Waals surface area (Å²) in [5.74, 6) is 0.0785. The highest BCUT2D eigenvalue weighted by Gasteiger charge is 2.29. The van der Waals surface area contributed by atoms with Crippen LogP contribution in [0.2, 0.25) is 0 Å². The maximum Gasteiger partial charge on any atom is 0.422 e. The van der Waals surface area contributed by atoms with Gasteiger partial charge in [0.2, 0.25) is 5.88 Å². The molecule has 1 aromatic heterocycles. The molecule has 0 spiro atoms. The van der Waals surface area contributed by atoms with E-state index in [1.807, 2.05) is 6.92 Å². The first-order valence-corrected chi connectivity index (χ1v) is 4.58. The Balaban J connectivity index is 2.79. The van der Waals surface area contributed by atoms with E-state index in [1.165, 1.54) is 0 Å². The van der Waals surface area contributed by atoms with E-state index in [0.717, 1.165) is 0 Å². The number of alkyl halides is 3. The van der Waals surface area contributed by atoms with Crippen LogP contribution in [-0.4, -0.2) is 17.8 Å². The average molecular weight is 219 g/mol. The van der Waals surface area contributed by atoms with Gasteiger partial charge in [-0.3, -0.25) is 0 Å². The van der Waals surface area contributed by atoms with Gasteiger partial charge in [-0.05, 0) is 19.4 Å². The lowest BCUT2D eigenvalue weighted by Gasteiger charge is -2.11. The minimum atomic E-state index is -4.32. The van der Waals surface area contributed by atoms with E-state index < -0.39 is 12.8 Å². The predicted molar refractivity (Wildman–Crippen MR) is 49.9 cm³/mol. The van der Waals surface area contributed by atoms with Gasteiger partial charge in [0, 0.05) is 11.3 Å². The van der Waals surface area contributed by atoms with Crippen molar-refractivity contribution in [3.63, 3.8) is 0 Å². The zero-order valence-electron chi connectivity index (χ0n) is 8.56. The molecule has 0 fully saturated rings. The van der Waals surface area contributed by atoms with Crippen LogP contribution in [0.25, 0.3) is 0 Å². The quantitative estimate of drug-likeness (QED) is 0.779. The molecule has 0 amide bonds. The summed E-state index contributed by atoms with van der Waals surface area (Å²) in [7, 11) is 0. The lowest BCUT2D eigenvalue weighted by molar-refractivity contribution is -0.154. The number of ether oxygens (including phenoxy) is 1. The number of nitrogens with zero attached hydrogens (tertiary/aromatic N) is 1. The Bertz CT molecular complexity index is 336. The molecule has 1 rings (SSSR count). The summed E-state index contributed by atoms with van der Waals surface area (Å²) in [5, 5.41) is 0. The normalized spacial score (nSPS) is 11.5. The molecule has 2 nitrogen and oxygen atoms in total. The van der Waals surface area contributed by atoms with Gasteiger partial charge >= 0.3 is 6.18 Å². The lowest BCUT2D eigenvalue weighted by Crippen LogP contribution is -2.20. The van der Waals surface area contributed by atoms with E-state index >= 15 is 0 Å².